The zero-order valence-corrected chi connectivity index (χ0v) is 18.6. The van der Waals surface area contributed by atoms with E-state index in [1.54, 1.807) is 35.2 Å². The van der Waals surface area contributed by atoms with Gasteiger partial charge in [-0.2, -0.15) is 0 Å². The van der Waals surface area contributed by atoms with Crippen molar-refractivity contribution >= 4 is 46.6 Å². The molecule has 3 rings (SSSR count). The van der Waals surface area contributed by atoms with Gasteiger partial charge >= 0.3 is 0 Å². The Kier molecular flexibility index (Phi) is 7.89. The molecular formula is C21H23ClN4O4S. The molecule has 0 bridgehead atoms. The second kappa shape index (κ2) is 10.6. The predicted molar refractivity (Wildman–Crippen MR) is 122 cm³/mol. The first kappa shape index (κ1) is 23.1. The van der Waals surface area contributed by atoms with Gasteiger partial charge in [-0.3, -0.25) is 24.6 Å². The highest BCUT2D eigenvalue weighted by Crippen LogP contribution is 2.27. The second-order valence-electron chi connectivity index (χ2n) is 7.14. The van der Waals surface area contributed by atoms with Gasteiger partial charge in [-0.15, -0.1) is 11.8 Å². The highest BCUT2D eigenvalue weighted by Gasteiger charge is 2.26. The van der Waals surface area contributed by atoms with Crippen molar-refractivity contribution in [3.8, 4) is 0 Å². The van der Waals surface area contributed by atoms with Gasteiger partial charge < -0.3 is 10.2 Å². The van der Waals surface area contributed by atoms with Gasteiger partial charge in [0.1, 0.15) is 0 Å². The van der Waals surface area contributed by atoms with Crippen LogP contribution >= 0.6 is 23.4 Å². The Morgan fingerprint density at radius 1 is 1.13 bits per heavy atom. The molecule has 1 saturated heterocycles. The van der Waals surface area contributed by atoms with E-state index in [4.69, 9.17) is 11.6 Å². The number of carbonyl (C=O) groups excluding carboxylic acids is 2. The highest BCUT2D eigenvalue weighted by molar-refractivity contribution is 8.00. The molecule has 2 aromatic rings. The molecule has 8 nitrogen and oxygen atoms in total. The van der Waals surface area contributed by atoms with Crippen molar-refractivity contribution < 1.29 is 14.5 Å². The molecule has 1 aliphatic heterocycles. The number of amides is 2. The summed E-state index contributed by atoms with van der Waals surface area (Å²) < 4.78 is 0. The molecule has 0 saturated carbocycles. The number of halogens is 1. The molecule has 1 heterocycles. The largest absolute Gasteiger partial charge is 0.339 e. The first-order chi connectivity index (χ1) is 14.8. The standard InChI is InChI=1S/C21H23ClN4O4S/c1-15(31-17-8-6-16(7-9-17)26(29)30)21(28)25-12-10-24(11-13-25)14-20(27)23-19-5-3-2-4-18(19)22/h2-9,15H,10-14H2,1H3,(H,23,27). The van der Waals surface area contributed by atoms with E-state index >= 15 is 0 Å². The number of non-ortho nitro benzene ring substituents is 1. The SMILES string of the molecule is CC(Sc1ccc([N+](=O)[O-])cc1)C(=O)N1CCN(CC(=O)Nc2ccccc2Cl)CC1. The van der Waals surface area contributed by atoms with Gasteiger partial charge in [0.15, 0.2) is 0 Å². The molecule has 1 atom stereocenters. The number of anilines is 1. The number of benzene rings is 2. The molecule has 0 spiro atoms. The number of thioether (sulfide) groups is 1. The Hall–Kier alpha value is -2.62. The lowest BCUT2D eigenvalue weighted by molar-refractivity contribution is -0.384. The van der Waals surface area contributed by atoms with Crippen LogP contribution in [0.4, 0.5) is 11.4 Å². The number of para-hydroxylation sites is 1. The van der Waals surface area contributed by atoms with Crippen LogP contribution in [0.5, 0.6) is 0 Å². The van der Waals surface area contributed by atoms with Crippen LogP contribution in [-0.4, -0.2) is 64.5 Å². The lowest BCUT2D eigenvalue weighted by Gasteiger charge is -2.35. The normalized spacial score (nSPS) is 15.4. The number of hydrogen-bond acceptors (Lipinski definition) is 6. The van der Waals surface area contributed by atoms with E-state index in [0.29, 0.717) is 36.9 Å². The van der Waals surface area contributed by atoms with Crippen molar-refractivity contribution in [2.24, 2.45) is 0 Å². The Morgan fingerprint density at radius 2 is 1.77 bits per heavy atom. The number of nitro benzene ring substituents is 1. The van der Waals surface area contributed by atoms with Crippen LogP contribution in [0.25, 0.3) is 0 Å². The molecular weight excluding hydrogens is 440 g/mol. The molecule has 0 aliphatic carbocycles. The maximum absolute atomic E-state index is 12.8. The van der Waals surface area contributed by atoms with Crippen LogP contribution in [0.15, 0.2) is 53.4 Å². The van der Waals surface area contributed by atoms with Gasteiger partial charge in [0.2, 0.25) is 11.8 Å². The maximum Gasteiger partial charge on any atom is 0.269 e. The van der Waals surface area contributed by atoms with Crippen LogP contribution in [0.1, 0.15) is 6.92 Å². The molecule has 1 fully saturated rings. The summed E-state index contributed by atoms with van der Waals surface area (Å²) in [6.45, 7) is 4.37. The van der Waals surface area contributed by atoms with Crippen LogP contribution in [0, 0.1) is 10.1 Å². The van der Waals surface area contributed by atoms with Crippen molar-refractivity contribution in [3.05, 3.63) is 63.7 Å². The number of carbonyl (C=O) groups is 2. The van der Waals surface area contributed by atoms with E-state index in [-0.39, 0.29) is 29.3 Å². The zero-order chi connectivity index (χ0) is 22.4. The van der Waals surface area contributed by atoms with E-state index in [2.05, 4.69) is 5.32 Å². The Morgan fingerprint density at radius 3 is 2.39 bits per heavy atom. The number of piperazine rings is 1. The minimum absolute atomic E-state index is 0.0171. The first-order valence-electron chi connectivity index (χ1n) is 9.80. The minimum atomic E-state index is -0.447. The van der Waals surface area contributed by atoms with E-state index in [9.17, 15) is 19.7 Å². The fraction of sp³-hybridized carbons (Fsp3) is 0.333. The van der Waals surface area contributed by atoms with Gasteiger partial charge in [-0.25, -0.2) is 0 Å². The predicted octanol–water partition coefficient (Wildman–Crippen LogP) is 3.51. The average Bonchev–Trinajstić information content (AvgIpc) is 2.75. The summed E-state index contributed by atoms with van der Waals surface area (Å²) in [5, 5.41) is 13.7. The van der Waals surface area contributed by atoms with Crippen LogP contribution in [0.2, 0.25) is 5.02 Å². The minimum Gasteiger partial charge on any atom is -0.339 e. The molecule has 10 heteroatoms. The number of nitrogens with one attached hydrogen (secondary N) is 1. The lowest BCUT2D eigenvalue weighted by Crippen LogP contribution is -2.52. The van der Waals surface area contributed by atoms with Gasteiger partial charge in [-0.05, 0) is 31.2 Å². The third-order valence-electron chi connectivity index (χ3n) is 4.91. The molecule has 2 amide bonds. The summed E-state index contributed by atoms with van der Waals surface area (Å²) in [7, 11) is 0. The quantitative estimate of drug-likeness (QED) is 0.384. The first-order valence-corrected chi connectivity index (χ1v) is 11.1. The third kappa shape index (κ3) is 6.43. The van der Waals surface area contributed by atoms with Gasteiger partial charge in [0.25, 0.3) is 5.69 Å². The van der Waals surface area contributed by atoms with E-state index in [1.807, 2.05) is 17.9 Å². The number of rotatable bonds is 7. The average molecular weight is 463 g/mol. The molecule has 2 aromatic carbocycles. The van der Waals surface area contributed by atoms with Crippen molar-refractivity contribution in [1.29, 1.82) is 0 Å². The van der Waals surface area contributed by atoms with Crippen molar-refractivity contribution in [2.45, 2.75) is 17.1 Å². The Bertz CT molecular complexity index is 949. The summed E-state index contributed by atoms with van der Waals surface area (Å²) in [6, 6.07) is 13.3. The summed E-state index contributed by atoms with van der Waals surface area (Å²) in [5.74, 6) is -0.126. The smallest absolute Gasteiger partial charge is 0.269 e. The van der Waals surface area contributed by atoms with Crippen LogP contribution < -0.4 is 5.32 Å². The van der Waals surface area contributed by atoms with E-state index in [1.165, 1.54) is 23.9 Å². The highest BCUT2D eigenvalue weighted by atomic mass is 35.5. The monoisotopic (exact) mass is 462 g/mol. The Labute approximate surface area is 189 Å². The molecule has 164 valence electrons. The zero-order valence-electron chi connectivity index (χ0n) is 17.0. The number of nitrogens with zero attached hydrogens (tertiary/aromatic N) is 3. The summed E-state index contributed by atoms with van der Waals surface area (Å²) in [5.41, 5.74) is 0.609. The topological polar surface area (TPSA) is 95.8 Å². The molecule has 0 radical (unpaired) electrons. The van der Waals surface area contributed by atoms with E-state index < -0.39 is 4.92 Å². The maximum atomic E-state index is 12.8. The molecule has 31 heavy (non-hydrogen) atoms. The number of hydrogen-bond donors (Lipinski definition) is 1. The summed E-state index contributed by atoms with van der Waals surface area (Å²) in [6.07, 6.45) is 0. The van der Waals surface area contributed by atoms with Crippen molar-refractivity contribution in [2.75, 3.05) is 38.0 Å². The molecule has 1 aliphatic rings. The van der Waals surface area contributed by atoms with Gasteiger partial charge in [0.05, 0.1) is 27.4 Å². The van der Waals surface area contributed by atoms with Gasteiger partial charge in [-0.1, -0.05) is 23.7 Å². The third-order valence-corrected chi connectivity index (χ3v) is 6.34. The molecule has 1 N–H and O–H groups in total. The number of nitro groups is 1. The van der Waals surface area contributed by atoms with Crippen molar-refractivity contribution in [1.82, 2.24) is 9.80 Å². The molecule has 1 unspecified atom stereocenters. The fourth-order valence-electron chi connectivity index (χ4n) is 3.24. The summed E-state index contributed by atoms with van der Waals surface area (Å²) in [4.78, 5) is 40.0. The van der Waals surface area contributed by atoms with Crippen molar-refractivity contribution in [3.63, 3.8) is 0 Å². The van der Waals surface area contributed by atoms with Crippen LogP contribution in [-0.2, 0) is 9.59 Å². The van der Waals surface area contributed by atoms with E-state index in [0.717, 1.165) is 4.90 Å². The Balaban J connectivity index is 1.45. The van der Waals surface area contributed by atoms with Crippen LogP contribution in [0.3, 0.4) is 0 Å². The molecule has 0 aromatic heterocycles. The fourth-order valence-corrected chi connectivity index (χ4v) is 4.37. The summed E-state index contributed by atoms with van der Waals surface area (Å²) >= 11 is 7.45. The van der Waals surface area contributed by atoms with Gasteiger partial charge in [0, 0.05) is 43.2 Å². The lowest BCUT2D eigenvalue weighted by atomic mass is 10.2. The second-order valence-corrected chi connectivity index (χ2v) is 8.96.